The van der Waals surface area contributed by atoms with E-state index in [1.807, 2.05) is 0 Å². The number of carboxylic acids is 1. The lowest BCUT2D eigenvalue weighted by Gasteiger charge is -2.27. The van der Waals surface area contributed by atoms with Gasteiger partial charge >= 0.3 is 5.97 Å². The van der Waals surface area contributed by atoms with Crippen LogP contribution in [0.25, 0.3) is 0 Å². The van der Waals surface area contributed by atoms with Gasteiger partial charge in [0.1, 0.15) is 5.82 Å². The first-order valence-corrected chi connectivity index (χ1v) is 5.07. The van der Waals surface area contributed by atoms with E-state index in [2.05, 4.69) is 0 Å². The minimum atomic E-state index is -1.93. The van der Waals surface area contributed by atoms with E-state index in [4.69, 9.17) is 5.11 Å². The molecular weight excluding hydrogens is 211 g/mol. The Kier molecular flexibility index (Phi) is 3.65. The van der Waals surface area contributed by atoms with Crippen molar-refractivity contribution in [3.63, 3.8) is 0 Å². The van der Waals surface area contributed by atoms with Gasteiger partial charge in [-0.2, -0.15) is 0 Å². The largest absolute Gasteiger partial charge is 0.479 e. The Morgan fingerprint density at radius 1 is 1.44 bits per heavy atom. The summed E-state index contributed by atoms with van der Waals surface area (Å²) in [6.07, 6.45) is -0.229. The van der Waals surface area contributed by atoms with Gasteiger partial charge in [-0.25, -0.2) is 9.18 Å². The van der Waals surface area contributed by atoms with Crippen LogP contribution in [0.1, 0.15) is 19.4 Å². The van der Waals surface area contributed by atoms with Crippen molar-refractivity contribution in [2.45, 2.75) is 25.9 Å². The molecule has 1 aromatic carbocycles. The van der Waals surface area contributed by atoms with Crippen molar-refractivity contribution in [1.82, 2.24) is 0 Å². The highest BCUT2D eigenvalue weighted by Gasteiger charge is 2.40. The second-order valence-electron chi connectivity index (χ2n) is 4.15. The number of hydrogen-bond donors (Lipinski definition) is 2. The number of halogens is 1. The lowest BCUT2D eigenvalue weighted by atomic mass is 9.84. The van der Waals surface area contributed by atoms with Crippen LogP contribution < -0.4 is 0 Å². The van der Waals surface area contributed by atoms with Gasteiger partial charge in [-0.05, 0) is 17.5 Å². The molecule has 0 amide bonds. The van der Waals surface area contributed by atoms with Crippen LogP contribution in [-0.4, -0.2) is 21.8 Å². The molecule has 0 saturated heterocycles. The molecule has 3 nitrogen and oxygen atoms in total. The van der Waals surface area contributed by atoms with E-state index in [-0.39, 0.29) is 12.0 Å². The van der Waals surface area contributed by atoms with Gasteiger partial charge in [0.25, 0.3) is 0 Å². The van der Waals surface area contributed by atoms with Crippen LogP contribution >= 0.6 is 0 Å². The molecule has 1 rings (SSSR count). The van der Waals surface area contributed by atoms with Crippen molar-refractivity contribution in [3.05, 3.63) is 35.6 Å². The summed E-state index contributed by atoms with van der Waals surface area (Å²) < 4.78 is 13.3. The average molecular weight is 226 g/mol. The average Bonchev–Trinajstić information content (AvgIpc) is 2.20. The van der Waals surface area contributed by atoms with Crippen molar-refractivity contribution >= 4 is 5.97 Å². The van der Waals surface area contributed by atoms with Crippen LogP contribution in [0.5, 0.6) is 0 Å². The molecule has 1 aromatic rings. The summed E-state index contributed by atoms with van der Waals surface area (Å²) in [5.41, 5.74) is -1.72. The van der Waals surface area contributed by atoms with Crippen LogP contribution in [0, 0.1) is 11.7 Å². The molecule has 88 valence electrons. The lowest BCUT2D eigenvalue weighted by Crippen LogP contribution is -2.45. The number of carbonyl (C=O) groups is 1. The maximum atomic E-state index is 13.3. The van der Waals surface area contributed by atoms with Crippen LogP contribution in [0.15, 0.2) is 24.3 Å². The summed E-state index contributed by atoms with van der Waals surface area (Å²) in [4.78, 5) is 11.0. The van der Waals surface area contributed by atoms with Crippen LogP contribution in [0.3, 0.4) is 0 Å². The predicted octanol–water partition coefficient (Wildman–Crippen LogP) is 1.84. The van der Waals surface area contributed by atoms with Gasteiger partial charge in [-0.1, -0.05) is 32.0 Å². The van der Waals surface area contributed by atoms with Gasteiger partial charge in [0.15, 0.2) is 5.60 Å². The molecule has 0 unspecified atom stereocenters. The van der Waals surface area contributed by atoms with Gasteiger partial charge in [0.2, 0.25) is 0 Å². The number of hydrogen-bond acceptors (Lipinski definition) is 2. The van der Waals surface area contributed by atoms with Crippen LogP contribution in [0.2, 0.25) is 0 Å². The third-order valence-corrected chi connectivity index (χ3v) is 2.74. The fraction of sp³-hybridized carbons (Fsp3) is 0.417. The molecule has 0 aliphatic carbocycles. The Bertz CT molecular complexity index is 390. The lowest BCUT2D eigenvalue weighted by molar-refractivity contribution is -0.163. The first kappa shape index (κ1) is 12.6. The normalized spacial score (nSPS) is 14.8. The highest BCUT2D eigenvalue weighted by atomic mass is 19.1. The van der Waals surface area contributed by atoms with Crippen molar-refractivity contribution in [1.29, 1.82) is 0 Å². The quantitative estimate of drug-likeness (QED) is 0.823. The Labute approximate surface area is 93.5 Å². The molecule has 4 heteroatoms. The second-order valence-corrected chi connectivity index (χ2v) is 4.15. The first-order valence-electron chi connectivity index (χ1n) is 5.07. The van der Waals surface area contributed by atoms with Crippen molar-refractivity contribution in [3.8, 4) is 0 Å². The molecule has 0 saturated carbocycles. The van der Waals surface area contributed by atoms with Gasteiger partial charge in [0, 0.05) is 6.42 Å². The smallest absolute Gasteiger partial charge is 0.336 e. The highest BCUT2D eigenvalue weighted by molar-refractivity contribution is 5.78. The summed E-state index contributed by atoms with van der Waals surface area (Å²) in [6, 6.07) is 5.86. The predicted molar refractivity (Wildman–Crippen MR) is 57.5 cm³/mol. The number of rotatable bonds is 4. The van der Waals surface area contributed by atoms with E-state index in [0.29, 0.717) is 0 Å². The molecule has 1 atom stereocenters. The Morgan fingerprint density at radius 2 is 2.00 bits per heavy atom. The number of carboxylic acid groups (broad SMARTS) is 1. The van der Waals surface area contributed by atoms with E-state index in [9.17, 15) is 14.3 Å². The van der Waals surface area contributed by atoms with Gasteiger partial charge < -0.3 is 10.2 Å². The molecular formula is C12H15FO3. The zero-order valence-corrected chi connectivity index (χ0v) is 9.27. The highest BCUT2D eigenvalue weighted by Crippen LogP contribution is 2.24. The van der Waals surface area contributed by atoms with E-state index in [1.54, 1.807) is 19.9 Å². The zero-order valence-electron chi connectivity index (χ0n) is 9.27. The Morgan fingerprint density at radius 3 is 2.44 bits per heavy atom. The maximum absolute atomic E-state index is 13.3. The monoisotopic (exact) mass is 226 g/mol. The van der Waals surface area contributed by atoms with Gasteiger partial charge in [-0.3, -0.25) is 0 Å². The number of aliphatic hydroxyl groups is 1. The molecule has 0 radical (unpaired) electrons. The SMILES string of the molecule is CC(C)[C@@](O)(Cc1ccccc1F)C(=O)O. The fourth-order valence-electron chi connectivity index (χ4n) is 1.46. The van der Waals surface area contributed by atoms with Crippen LogP contribution in [0.4, 0.5) is 4.39 Å². The van der Waals surface area contributed by atoms with E-state index < -0.39 is 23.3 Å². The fourth-order valence-corrected chi connectivity index (χ4v) is 1.46. The molecule has 0 heterocycles. The first-order chi connectivity index (χ1) is 7.38. The molecule has 0 bridgehead atoms. The van der Waals surface area contributed by atoms with E-state index in [0.717, 1.165) is 0 Å². The summed E-state index contributed by atoms with van der Waals surface area (Å²) in [7, 11) is 0. The number of aliphatic carboxylic acids is 1. The summed E-state index contributed by atoms with van der Waals surface area (Å²) in [5, 5.41) is 19.0. The summed E-state index contributed by atoms with van der Waals surface area (Å²) >= 11 is 0. The molecule has 2 N–H and O–H groups in total. The Hall–Kier alpha value is -1.42. The van der Waals surface area contributed by atoms with Crippen LogP contribution in [-0.2, 0) is 11.2 Å². The van der Waals surface area contributed by atoms with Gasteiger partial charge in [-0.15, -0.1) is 0 Å². The number of benzene rings is 1. The van der Waals surface area contributed by atoms with Crippen molar-refractivity contribution in [2.24, 2.45) is 5.92 Å². The summed E-state index contributed by atoms with van der Waals surface area (Å²) in [6.45, 7) is 3.18. The summed E-state index contributed by atoms with van der Waals surface area (Å²) in [5.74, 6) is -2.32. The third kappa shape index (κ3) is 2.39. The molecule has 0 aromatic heterocycles. The molecule has 0 spiro atoms. The second kappa shape index (κ2) is 4.61. The molecule has 16 heavy (non-hydrogen) atoms. The Balaban J connectivity index is 3.02. The maximum Gasteiger partial charge on any atom is 0.336 e. The van der Waals surface area contributed by atoms with Gasteiger partial charge in [0.05, 0.1) is 0 Å². The standard InChI is InChI=1S/C12H15FO3/c1-8(2)12(16,11(14)15)7-9-5-3-4-6-10(9)13/h3-6,8,16H,7H2,1-2H3,(H,14,15)/t12-/m0/s1. The molecule has 0 aliphatic heterocycles. The third-order valence-electron chi connectivity index (χ3n) is 2.74. The van der Waals surface area contributed by atoms with E-state index in [1.165, 1.54) is 18.2 Å². The van der Waals surface area contributed by atoms with Crippen molar-refractivity contribution in [2.75, 3.05) is 0 Å². The van der Waals surface area contributed by atoms with E-state index >= 15 is 0 Å². The minimum Gasteiger partial charge on any atom is -0.479 e. The topological polar surface area (TPSA) is 57.5 Å². The zero-order chi connectivity index (χ0) is 12.3. The van der Waals surface area contributed by atoms with Crippen molar-refractivity contribution < 1.29 is 19.4 Å². The molecule has 0 aliphatic rings. The minimum absolute atomic E-state index is 0.209. The molecule has 0 fully saturated rings.